The SMILES string of the molecule is C=CCN(CC(=O)N(Cc1ccccc1)Cc1sccc1C)C(=O)C1CCCC1. The Kier molecular flexibility index (Phi) is 7.64. The number of thiophene rings is 1. The first-order valence-electron chi connectivity index (χ1n) is 10.3. The number of hydrogen-bond donors (Lipinski definition) is 0. The summed E-state index contributed by atoms with van der Waals surface area (Å²) in [6, 6.07) is 12.1. The first-order valence-corrected chi connectivity index (χ1v) is 11.2. The van der Waals surface area contributed by atoms with E-state index in [1.807, 2.05) is 35.2 Å². The molecule has 0 aliphatic heterocycles. The lowest BCUT2D eigenvalue weighted by molar-refractivity contribution is -0.143. The normalized spacial score (nSPS) is 14.0. The summed E-state index contributed by atoms with van der Waals surface area (Å²) in [5.41, 5.74) is 2.29. The maximum Gasteiger partial charge on any atom is 0.242 e. The average Bonchev–Trinajstić information content (AvgIpc) is 3.40. The molecule has 1 heterocycles. The Hall–Kier alpha value is -2.40. The highest BCUT2D eigenvalue weighted by atomic mass is 32.1. The highest BCUT2D eigenvalue weighted by Crippen LogP contribution is 2.27. The summed E-state index contributed by atoms with van der Waals surface area (Å²) in [7, 11) is 0. The molecule has 0 unspecified atom stereocenters. The summed E-state index contributed by atoms with van der Waals surface area (Å²) < 4.78 is 0. The van der Waals surface area contributed by atoms with Crippen LogP contribution in [0.3, 0.4) is 0 Å². The summed E-state index contributed by atoms with van der Waals surface area (Å²) in [5.74, 6) is 0.141. The lowest BCUT2D eigenvalue weighted by Gasteiger charge is -2.28. The molecule has 0 bridgehead atoms. The van der Waals surface area contributed by atoms with Gasteiger partial charge in [-0.2, -0.15) is 0 Å². The Bertz CT molecular complexity index is 824. The van der Waals surface area contributed by atoms with Crippen LogP contribution in [0.4, 0.5) is 0 Å². The van der Waals surface area contributed by atoms with Crippen LogP contribution in [0, 0.1) is 12.8 Å². The Morgan fingerprint density at radius 3 is 2.45 bits per heavy atom. The Morgan fingerprint density at radius 1 is 1.10 bits per heavy atom. The molecule has 1 aromatic carbocycles. The molecule has 2 aromatic rings. The summed E-state index contributed by atoms with van der Waals surface area (Å²) in [4.78, 5) is 31.0. The van der Waals surface area contributed by atoms with Crippen LogP contribution in [0.2, 0.25) is 0 Å². The third-order valence-electron chi connectivity index (χ3n) is 5.56. The molecule has 1 aliphatic carbocycles. The van der Waals surface area contributed by atoms with E-state index in [-0.39, 0.29) is 24.3 Å². The van der Waals surface area contributed by atoms with Crippen molar-refractivity contribution in [3.05, 3.63) is 70.4 Å². The van der Waals surface area contributed by atoms with Crippen molar-refractivity contribution >= 4 is 23.2 Å². The van der Waals surface area contributed by atoms with Crippen LogP contribution in [0.25, 0.3) is 0 Å². The van der Waals surface area contributed by atoms with E-state index >= 15 is 0 Å². The van der Waals surface area contributed by atoms with Gasteiger partial charge in [-0.15, -0.1) is 17.9 Å². The highest BCUT2D eigenvalue weighted by molar-refractivity contribution is 7.10. The lowest BCUT2D eigenvalue weighted by atomic mass is 10.1. The molecule has 1 fully saturated rings. The molecule has 2 amide bonds. The van der Waals surface area contributed by atoms with E-state index in [1.54, 1.807) is 22.3 Å². The van der Waals surface area contributed by atoms with E-state index in [2.05, 4.69) is 24.9 Å². The number of amides is 2. The minimum atomic E-state index is -0.0187. The van der Waals surface area contributed by atoms with Gasteiger partial charge in [0.2, 0.25) is 11.8 Å². The van der Waals surface area contributed by atoms with E-state index in [0.717, 1.165) is 31.2 Å². The van der Waals surface area contributed by atoms with Crippen molar-refractivity contribution in [1.82, 2.24) is 9.80 Å². The van der Waals surface area contributed by atoms with Crippen LogP contribution in [0.15, 0.2) is 54.4 Å². The molecule has 5 heteroatoms. The fourth-order valence-electron chi connectivity index (χ4n) is 3.86. The highest BCUT2D eigenvalue weighted by Gasteiger charge is 2.29. The number of hydrogen-bond acceptors (Lipinski definition) is 3. The minimum Gasteiger partial charge on any atom is -0.332 e. The molecule has 0 atom stereocenters. The summed E-state index contributed by atoms with van der Waals surface area (Å²) in [5, 5.41) is 2.06. The molecule has 154 valence electrons. The molecule has 29 heavy (non-hydrogen) atoms. The summed E-state index contributed by atoms with van der Waals surface area (Å²) >= 11 is 1.67. The van der Waals surface area contributed by atoms with E-state index in [9.17, 15) is 9.59 Å². The topological polar surface area (TPSA) is 40.6 Å². The smallest absolute Gasteiger partial charge is 0.242 e. The summed E-state index contributed by atoms with van der Waals surface area (Å²) in [6.45, 7) is 7.49. The Morgan fingerprint density at radius 2 is 1.83 bits per heavy atom. The van der Waals surface area contributed by atoms with E-state index in [0.29, 0.717) is 19.6 Å². The predicted molar refractivity (Wildman–Crippen MR) is 118 cm³/mol. The maximum absolute atomic E-state index is 13.3. The van der Waals surface area contributed by atoms with Crippen molar-refractivity contribution in [2.45, 2.75) is 45.7 Å². The van der Waals surface area contributed by atoms with Crippen LogP contribution >= 0.6 is 11.3 Å². The van der Waals surface area contributed by atoms with Gasteiger partial charge in [-0.3, -0.25) is 9.59 Å². The molecule has 4 nitrogen and oxygen atoms in total. The zero-order valence-electron chi connectivity index (χ0n) is 17.2. The molecule has 3 rings (SSSR count). The van der Waals surface area contributed by atoms with Crippen molar-refractivity contribution in [3.63, 3.8) is 0 Å². The number of benzene rings is 1. The minimum absolute atomic E-state index is 0.0187. The van der Waals surface area contributed by atoms with Gasteiger partial charge in [-0.05, 0) is 42.3 Å². The fraction of sp³-hybridized carbons (Fsp3) is 0.417. The van der Waals surface area contributed by atoms with Crippen molar-refractivity contribution in [2.75, 3.05) is 13.1 Å². The molecule has 1 saturated carbocycles. The standard InChI is InChI=1S/C24H30N2O2S/c1-3-14-25(24(28)21-11-7-8-12-21)18-23(27)26(16-20-9-5-4-6-10-20)17-22-19(2)13-15-29-22/h3-6,9-10,13,15,21H,1,7-8,11-12,14,16-18H2,2H3. The third-order valence-corrected chi connectivity index (χ3v) is 6.57. The second-order valence-corrected chi connectivity index (χ2v) is 8.75. The van der Waals surface area contributed by atoms with Gasteiger partial charge in [0.1, 0.15) is 6.54 Å². The molecule has 0 spiro atoms. The number of carbonyl (C=O) groups excluding carboxylic acids is 2. The maximum atomic E-state index is 13.3. The van der Waals surface area contributed by atoms with Gasteiger partial charge in [0.05, 0.1) is 6.54 Å². The quantitative estimate of drug-likeness (QED) is 0.558. The molecule has 1 aromatic heterocycles. The van der Waals surface area contributed by atoms with Crippen LogP contribution in [-0.4, -0.2) is 34.7 Å². The van der Waals surface area contributed by atoms with Crippen molar-refractivity contribution in [3.8, 4) is 0 Å². The second kappa shape index (κ2) is 10.4. The van der Waals surface area contributed by atoms with Crippen LogP contribution in [-0.2, 0) is 22.7 Å². The lowest BCUT2D eigenvalue weighted by Crippen LogP contribution is -2.44. The summed E-state index contributed by atoms with van der Waals surface area (Å²) in [6.07, 6.45) is 5.78. The van der Waals surface area contributed by atoms with Gasteiger partial charge >= 0.3 is 0 Å². The molecular formula is C24H30N2O2S. The number of carbonyl (C=O) groups is 2. The molecule has 0 radical (unpaired) electrons. The van der Waals surface area contributed by atoms with Gasteiger partial charge in [0, 0.05) is 23.9 Å². The third kappa shape index (κ3) is 5.80. The average molecular weight is 411 g/mol. The van der Waals surface area contributed by atoms with Gasteiger partial charge in [0.15, 0.2) is 0 Å². The molecule has 0 N–H and O–H groups in total. The number of nitrogens with zero attached hydrogens (tertiary/aromatic N) is 2. The van der Waals surface area contributed by atoms with E-state index in [4.69, 9.17) is 0 Å². The van der Waals surface area contributed by atoms with Gasteiger partial charge < -0.3 is 9.80 Å². The van der Waals surface area contributed by atoms with Crippen LogP contribution in [0.5, 0.6) is 0 Å². The van der Waals surface area contributed by atoms with Crippen LogP contribution in [0.1, 0.15) is 41.7 Å². The van der Waals surface area contributed by atoms with Crippen molar-refractivity contribution < 1.29 is 9.59 Å². The van der Waals surface area contributed by atoms with Crippen LogP contribution < -0.4 is 0 Å². The number of aryl methyl sites for hydroxylation is 1. The second-order valence-electron chi connectivity index (χ2n) is 7.75. The van der Waals surface area contributed by atoms with E-state index < -0.39 is 0 Å². The first-order chi connectivity index (χ1) is 14.1. The zero-order chi connectivity index (χ0) is 20.6. The van der Waals surface area contributed by atoms with Crippen molar-refractivity contribution in [1.29, 1.82) is 0 Å². The molecule has 1 aliphatic rings. The first kappa shape index (κ1) is 21.3. The van der Waals surface area contributed by atoms with Gasteiger partial charge in [-0.1, -0.05) is 49.2 Å². The van der Waals surface area contributed by atoms with E-state index in [1.165, 1.54) is 10.4 Å². The van der Waals surface area contributed by atoms with Crippen molar-refractivity contribution in [2.24, 2.45) is 5.92 Å². The van der Waals surface area contributed by atoms with Gasteiger partial charge in [-0.25, -0.2) is 0 Å². The fourth-order valence-corrected chi connectivity index (χ4v) is 4.78. The molecule has 0 saturated heterocycles. The van der Waals surface area contributed by atoms with Gasteiger partial charge in [0.25, 0.3) is 0 Å². The monoisotopic (exact) mass is 410 g/mol. The predicted octanol–water partition coefficient (Wildman–Crippen LogP) is 4.79. The molecular weight excluding hydrogens is 380 g/mol. The Labute approximate surface area is 177 Å². The largest absolute Gasteiger partial charge is 0.332 e. The number of rotatable bonds is 9. The Balaban J connectivity index is 1.75. The zero-order valence-corrected chi connectivity index (χ0v) is 18.0.